The maximum absolute atomic E-state index is 11.8. The molecule has 0 aliphatic heterocycles. The molecule has 0 bridgehead atoms. The molecule has 0 N–H and O–H groups in total. The third-order valence-electron chi connectivity index (χ3n) is 2.42. The maximum atomic E-state index is 11.8. The Morgan fingerprint density at radius 2 is 1.86 bits per heavy atom. The standard InChI is InChI=1S/C14H17N2O5.HI/c1-15(2)14(19)11-5-4-8-16(9-11)10-21-13(18)7-6-12(17)20-3;/h4-9H,10H2,1-3H3;1H/q+1;/p-1/b7-6+;. The molecule has 1 aromatic heterocycles. The maximum Gasteiger partial charge on any atom is 0.335 e. The predicted octanol–water partition coefficient (Wildman–Crippen LogP) is -3.09. The molecule has 1 aromatic rings. The number of pyridine rings is 1. The normalized spacial score (nSPS) is 9.77. The summed E-state index contributed by atoms with van der Waals surface area (Å²) in [4.78, 5) is 35.4. The molecule has 0 saturated carbocycles. The molecule has 0 fully saturated rings. The summed E-state index contributed by atoms with van der Waals surface area (Å²) in [6, 6.07) is 3.34. The van der Waals surface area contributed by atoms with Gasteiger partial charge in [0.25, 0.3) is 12.6 Å². The monoisotopic (exact) mass is 420 g/mol. The Balaban J connectivity index is 0.00000441. The molecular weight excluding hydrogens is 403 g/mol. The summed E-state index contributed by atoms with van der Waals surface area (Å²) in [5.74, 6) is -1.48. The molecule has 0 saturated heterocycles. The Hall–Kier alpha value is -1.97. The van der Waals surface area contributed by atoms with Crippen LogP contribution in [0.15, 0.2) is 36.7 Å². The van der Waals surface area contributed by atoms with E-state index in [2.05, 4.69) is 4.74 Å². The molecule has 120 valence electrons. The first-order chi connectivity index (χ1) is 9.93. The number of hydrogen-bond acceptors (Lipinski definition) is 5. The first kappa shape index (κ1) is 20.0. The lowest BCUT2D eigenvalue weighted by molar-refractivity contribution is -0.727. The van der Waals surface area contributed by atoms with Crippen LogP contribution in [0.25, 0.3) is 0 Å². The van der Waals surface area contributed by atoms with Gasteiger partial charge in [0.2, 0.25) is 0 Å². The van der Waals surface area contributed by atoms with Gasteiger partial charge < -0.3 is 38.4 Å². The zero-order valence-corrected chi connectivity index (χ0v) is 14.6. The second-order valence-corrected chi connectivity index (χ2v) is 4.26. The van der Waals surface area contributed by atoms with Crippen LogP contribution in [0.5, 0.6) is 0 Å². The van der Waals surface area contributed by atoms with Gasteiger partial charge in [-0.05, 0) is 6.07 Å². The van der Waals surface area contributed by atoms with E-state index in [1.807, 2.05) is 0 Å². The summed E-state index contributed by atoms with van der Waals surface area (Å²) in [5.41, 5.74) is 0.476. The molecule has 22 heavy (non-hydrogen) atoms. The quantitative estimate of drug-likeness (QED) is 0.219. The number of nitrogens with zero attached hydrogens (tertiary/aromatic N) is 2. The van der Waals surface area contributed by atoms with Gasteiger partial charge in [-0.2, -0.15) is 4.57 Å². The van der Waals surface area contributed by atoms with Gasteiger partial charge in [0.05, 0.1) is 7.11 Å². The highest BCUT2D eigenvalue weighted by atomic mass is 127. The van der Waals surface area contributed by atoms with Crippen LogP contribution in [0, 0.1) is 0 Å². The number of hydrogen-bond donors (Lipinski definition) is 0. The fraction of sp³-hybridized carbons (Fsp3) is 0.286. The highest BCUT2D eigenvalue weighted by Gasteiger charge is 2.13. The number of aromatic nitrogens is 1. The number of carbonyl (C=O) groups excluding carboxylic acids is 3. The van der Waals surface area contributed by atoms with Crippen LogP contribution in [0.4, 0.5) is 0 Å². The summed E-state index contributed by atoms with van der Waals surface area (Å²) >= 11 is 0. The van der Waals surface area contributed by atoms with Crippen LogP contribution in [0.2, 0.25) is 0 Å². The lowest BCUT2D eigenvalue weighted by atomic mass is 10.2. The van der Waals surface area contributed by atoms with E-state index in [4.69, 9.17) is 4.74 Å². The summed E-state index contributed by atoms with van der Waals surface area (Å²) < 4.78 is 10.8. The lowest BCUT2D eigenvalue weighted by Crippen LogP contribution is -3.00. The van der Waals surface area contributed by atoms with E-state index >= 15 is 0 Å². The molecular formula is C14H17IN2O5. The zero-order valence-electron chi connectivity index (χ0n) is 12.5. The topological polar surface area (TPSA) is 76.8 Å². The zero-order chi connectivity index (χ0) is 15.8. The summed E-state index contributed by atoms with van der Waals surface area (Å²) in [6.45, 7) is -0.0705. The molecule has 1 rings (SSSR count). The first-order valence-electron chi connectivity index (χ1n) is 6.07. The molecule has 1 amide bonds. The molecule has 0 aromatic carbocycles. The average Bonchev–Trinajstić information content (AvgIpc) is 2.49. The van der Waals surface area contributed by atoms with E-state index in [0.29, 0.717) is 5.56 Å². The number of methoxy groups -OCH3 is 1. The Morgan fingerprint density at radius 1 is 1.23 bits per heavy atom. The predicted molar refractivity (Wildman–Crippen MR) is 71.9 cm³/mol. The fourth-order valence-electron chi connectivity index (χ4n) is 1.38. The number of ether oxygens (including phenoxy) is 2. The smallest absolute Gasteiger partial charge is 0.335 e. The van der Waals surface area contributed by atoms with Crippen LogP contribution in [-0.2, 0) is 25.8 Å². The van der Waals surface area contributed by atoms with Crippen LogP contribution in [-0.4, -0.2) is 44.0 Å². The van der Waals surface area contributed by atoms with Crippen molar-refractivity contribution in [1.29, 1.82) is 0 Å². The van der Waals surface area contributed by atoms with E-state index in [1.165, 1.54) is 12.0 Å². The van der Waals surface area contributed by atoms with Gasteiger partial charge in [-0.15, -0.1) is 0 Å². The third-order valence-corrected chi connectivity index (χ3v) is 2.42. The van der Waals surface area contributed by atoms with E-state index < -0.39 is 11.9 Å². The van der Waals surface area contributed by atoms with Gasteiger partial charge in [0.1, 0.15) is 5.56 Å². The second kappa shape index (κ2) is 9.87. The number of esters is 2. The number of amides is 1. The number of halogens is 1. The van der Waals surface area contributed by atoms with Crippen molar-refractivity contribution in [3.8, 4) is 0 Å². The van der Waals surface area contributed by atoms with Crippen molar-refractivity contribution in [1.82, 2.24) is 4.90 Å². The van der Waals surface area contributed by atoms with Crippen molar-refractivity contribution in [3.63, 3.8) is 0 Å². The Kier molecular flexibility index (Phi) is 8.99. The van der Waals surface area contributed by atoms with Gasteiger partial charge in [0.15, 0.2) is 12.4 Å². The average molecular weight is 420 g/mol. The SMILES string of the molecule is COC(=O)/C=C/C(=O)OC[n+]1cccc(C(=O)N(C)C)c1.[I-]. The van der Waals surface area contributed by atoms with Crippen LogP contribution >= 0.6 is 0 Å². The van der Waals surface area contributed by atoms with Gasteiger partial charge >= 0.3 is 11.9 Å². The van der Waals surface area contributed by atoms with Gasteiger partial charge in [0, 0.05) is 32.3 Å². The molecule has 0 aliphatic rings. The lowest BCUT2D eigenvalue weighted by Gasteiger charge is -2.08. The van der Waals surface area contributed by atoms with E-state index in [1.54, 1.807) is 43.2 Å². The minimum Gasteiger partial charge on any atom is -1.00 e. The van der Waals surface area contributed by atoms with Gasteiger partial charge in [-0.25, -0.2) is 9.59 Å². The Morgan fingerprint density at radius 3 is 2.45 bits per heavy atom. The molecule has 0 aliphatic carbocycles. The van der Waals surface area contributed by atoms with E-state index in [0.717, 1.165) is 12.2 Å². The van der Waals surface area contributed by atoms with Crippen LogP contribution in [0.1, 0.15) is 10.4 Å². The minimum absolute atomic E-state index is 0. The van der Waals surface area contributed by atoms with Gasteiger partial charge in [-0.1, -0.05) is 0 Å². The van der Waals surface area contributed by atoms with Crippen molar-refractivity contribution in [2.24, 2.45) is 0 Å². The van der Waals surface area contributed by atoms with Crippen molar-refractivity contribution in [2.75, 3.05) is 21.2 Å². The largest absolute Gasteiger partial charge is 1.00 e. The Labute approximate surface area is 145 Å². The molecule has 0 atom stereocenters. The number of rotatable bonds is 5. The molecule has 0 radical (unpaired) electrons. The van der Waals surface area contributed by atoms with Crippen molar-refractivity contribution < 1.29 is 52.4 Å². The second-order valence-electron chi connectivity index (χ2n) is 4.26. The summed E-state index contributed by atoms with van der Waals surface area (Å²) in [5, 5.41) is 0. The highest BCUT2D eigenvalue weighted by Crippen LogP contribution is 1.98. The van der Waals surface area contributed by atoms with Crippen molar-refractivity contribution >= 4 is 17.8 Å². The van der Waals surface area contributed by atoms with Gasteiger partial charge in [-0.3, -0.25) is 4.79 Å². The van der Waals surface area contributed by atoms with Crippen molar-refractivity contribution in [2.45, 2.75) is 6.73 Å². The third kappa shape index (κ3) is 6.66. The molecule has 1 heterocycles. The highest BCUT2D eigenvalue weighted by molar-refractivity contribution is 5.93. The minimum atomic E-state index is -0.683. The molecule has 0 unspecified atom stereocenters. The summed E-state index contributed by atoms with van der Waals surface area (Å²) in [7, 11) is 4.51. The first-order valence-corrected chi connectivity index (χ1v) is 6.07. The molecule has 0 spiro atoms. The number of carbonyl (C=O) groups is 3. The van der Waals surface area contributed by atoms with Crippen LogP contribution < -0.4 is 28.5 Å². The Bertz CT molecular complexity index is 572. The molecule has 8 heteroatoms. The summed E-state index contributed by atoms with van der Waals surface area (Å²) in [6.07, 6.45) is 5.17. The van der Waals surface area contributed by atoms with E-state index in [9.17, 15) is 14.4 Å². The fourth-order valence-corrected chi connectivity index (χ4v) is 1.38. The van der Waals surface area contributed by atoms with E-state index in [-0.39, 0.29) is 36.6 Å². The van der Waals surface area contributed by atoms with Crippen LogP contribution in [0.3, 0.4) is 0 Å². The van der Waals surface area contributed by atoms with Crippen molar-refractivity contribution in [3.05, 3.63) is 42.2 Å². The molecule has 7 nitrogen and oxygen atoms in total.